The lowest BCUT2D eigenvalue weighted by Crippen LogP contribution is -2.05. The number of alkyl halides is 2. The summed E-state index contributed by atoms with van der Waals surface area (Å²) in [5, 5.41) is 14.0. The van der Waals surface area contributed by atoms with Gasteiger partial charge >= 0.3 is 6.61 Å². The molecule has 8 heteroatoms. The van der Waals surface area contributed by atoms with Crippen LogP contribution in [0.5, 0.6) is 5.75 Å². The van der Waals surface area contributed by atoms with Crippen LogP contribution in [0.15, 0.2) is 42.5 Å². The minimum absolute atomic E-state index is 0.00530. The molecule has 24 heavy (non-hydrogen) atoms. The van der Waals surface area contributed by atoms with Crippen LogP contribution in [0.1, 0.15) is 22.8 Å². The van der Waals surface area contributed by atoms with E-state index in [9.17, 15) is 23.7 Å². The average molecular weight is 336 g/mol. The number of ether oxygens (including phenoxy) is 1. The summed E-state index contributed by atoms with van der Waals surface area (Å²) in [5.74, 6) is -0.271. The third-order valence-corrected chi connectivity index (χ3v) is 3.21. The van der Waals surface area contributed by atoms with Gasteiger partial charge < -0.3 is 10.1 Å². The van der Waals surface area contributed by atoms with Gasteiger partial charge in [0.1, 0.15) is 11.4 Å². The van der Waals surface area contributed by atoms with Gasteiger partial charge in [-0.25, -0.2) is 0 Å². The number of carbonyl (C=O) groups excluding carboxylic acids is 1. The Morgan fingerprint density at radius 1 is 1.29 bits per heavy atom. The van der Waals surface area contributed by atoms with Crippen molar-refractivity contribution in [2.24, 2.45) is 0 Å². The number of benzene rings is 2. The Kier molecular flexibility index (Phi) is 5.41. The largest absolute Gasteiger partial charge is 0.435 e. The molecule has 126 valence electrons. The molecule has 1 N–H and O–H groups in total. The molecule has 0 aliphatic heterocycles. The molecule has 0 unspecified atom stereocenters. The topological polar surface area (TPSA) is 81.5 Å². The molecule has 0 radical (unpaired) electrons. The van der Waals surface area contributed by atoms with Gasteiger partial charge in [-0.2, -0.15) is 8.78 Å². The number of nitrogens with one attached hydrogen (secondary N) is 1. The SMILES string of the molecule is CC(=O)c1ccc(NCc2cccc(OC(F)F)c2)c([N+](=O)[O-])c1. The molecule has 0 amide bonds. The van der Waals surface area contributed by atoms with Gasteiger partial charge in [-0.3, -0.25) is 14.9 Å². The number of nitrogens with zero attached hydrogens (tertiary/aromatic N) is 1. The molecule has 0 fully saturated rings. The summed E-state index contributed by atoms with van der Waals surface area (Å²) < 4.78 is 28.7. The van der Waals surface area contributed by atoms with Gasteiger partial charge in [-0.15, -0.1) is 0 Å². The third-order valence-electron chi connectivity index (χ3n) is 3.21. The van der Waals surface area contributed by atoms with E-state index in [-0.39, 0.29) is 35.0 Å². The average Bonchev–Trinajstić information content (AvgIpc) is 2.52. The second-order valence-corrected chi connectivity index (χ2v) is 4.92. The molecule has 0 aromatic heterocycles. The summed E-state index contributed by atoms with van der Waals surface area (Å²) in [5.41, 5.74) is 0.838. The number of hydrogen-bond acceptors (Lipinski definition) is 5. The van der Waals surface area contributed by atoms with Crippen LogP contribution in [-0.2, 0) is 6.54 Å². The molecule has 2 aromatic carbocycles. The summed E-state index contributed by atoms with van der Waals surface area (Å²) in [6.45, 7) is -1.44. The van der Waals surface area contributed by atoms with Crippen LogP contribution < -0.4 is 10.1 Å². The monoisotopic (exact) mass is 336 g/mol. The van der Waals surface area contributed by atoms with Crippen molar-refractivity contribution in [1.82, 2.24) is 0 Å². The van der Waals surface area contributed by atoms with Crippen molar-refractivity contribution >= 4 is 17.2 Å². The Bertz CT molecular complexity index is 765. The number of halogens is 2. The molecule has 0 spiro atoms. The normalized spacial score (nSPS) is 10.5. The van der Waals surface area contributed by atoms with Gasteiger partial charge in [0, 0.05) is 18.2 Å². The van der Waals surface area contributed by atoms with Crippen LogP contribution in [0.4, 0.5) is 20.2 Å². The molecule has 0 aliphatic rings. The standard InChI is InChI=1S/C16H14F2N2O4/c1-10(21)12-5-6-14(15(8-12)20(22)23)19-9-11-3-2-4-13(7-11)24-16(17)18/h2-8,16,19H,9H2,1H3. The van der Waals surface area contributed by atoms with Crippen LogP contribution in [0.2, 0.25) is 0 Å². The van der Waals surface area contributed by atoms with E-state index in [2.05, 4.69) is 10.1 Å². The highest BCUT2D eigenvalue weighted by molar-refractivity contribution is 5.95. The van der Waals surface area contributed by atoms with E-state index in [0.717, 1.165) is 0 Å². The molecule has 0 heterocycles. The molecule has 0 aliphatic carbocycles. The molecule has 0 saturated carbocycles. The highest BCUT2D eigenvalue weighted by atomic mass is 19.3. The minimum Gasteiger partial charge on any atom is -0.435 e. The van der Waals surface area contributed by atoms with Crippen molar-refractivity contribution in [3.63, 3.8) is 0 Å². The van der Waals surface area contributed by atoms with Crippen molar-refractivity contribution in [3.05, 3.63) is 63.7 Å². The smallest absolute Gasteiger partial charge is 0.387 e. The van der Waals surface area contributed by atoms with E-state index in [0.29, 0.717) is 5.56 Å². The van der Waals surface area contributed by atoms with Gasteiger partial charge in [0.25, 0.3) is 5.69 Å². The zero-order valence-electron chi connectivity index (χ0n) is 12.7. The first kappa shape index (κ1) is 17.3. The van der Waals surface area contributed by atoms with Crippen LogP contribution in [0.25, 0.3) is 0 Å². The number of nitro groups is 1. The quantitative estimate of drug-likeness (QED) is 0.469. The fourth-order valence-corrected chi connectivity index (χ4v) is 2.08. The summed E-state index contributed by atoms with van der Waals surface area (Å²) >= 11 is 0. The summed E-state index contributed by atoms with van der Waals surface area (Å²) in [4.78, 5) is 21.9. The van der Waals surface area contributed by atoms with E-state index in [1.54, 1.807) is 12.1 Å². The highest BCUT2D eigenvalue weighted by Crippen LogP contribution is 2.27. The van der Waals surface area contributed by atoms with Crippen LogP contribution >= 0.6 is 0 Å². The number of Topliss-reactive ketones (excluding diaryl/α,β-unsaturated/α-hetero) is 1. The Hall–Kier alpha value is -3.03. The summed E-state index contributed by atoms with van der Waals surface area (Å²) in [6.07, 6.45) is 0. The van der Waals surface area contributed by atoms with Crippen LogP contribution in [-0.4, -0.2) is 17.3 Å². The van der Waals surface area contributed by atoms with Gasteiger partial charge in [0.2, 0.25) is 0 Å². The van der Waals surface area contributed by atoms with Gasteiger partial charge in [-0.05, 0) is 36.8 Å². The number of anilines is 1. The lowest BCUT2D eigenvalue weighted by atomic mass is 10.1. The van der Waals surface area contributed by atoms with E-state index >= 15 is 0 Å². The second-order valence-electron chi connectivity index (χ2n) is 4.92. The molecule has 0 atom stereocenters. The van der Waals surface area contributed by atoms with E-state index in [1.165, 1.54) is 37.3 Å². The van der Waals surface area contributed by atoms with E-state index in [4.69, 9.17) is 0 Å². The van der Waals surface area contributed by atoms with Crippen LogP contribution in [0, 0.1) is 10.1 Å². The molecule has 2 aromatic rings. The summed E-state index contributed by atoms with van der Waals surface area (Å²) in [6, 6.07) is 10.1. The van der Waals surface area contributed by atoms with Crippen molar-refractivity contribution in [3.8, 4) is 5.75 Å². The first-order valence-electron chi connectivity index (χ1n) is 6.94. The number of rotatable bonds is 7. The zero-order valence-corrected chi connectivity index (χ0v) is 12.7. The first-order chi connectivity index (χ1) is 11.4. The first-order valence-corrected chi connectivity index (χ1v) is 6.94. The Morgan fingerprint density at radius 3 is 2.67 bits per heavy atom. The van der Waals surface area contributed by atoms with Crippen molar-refractivity contribution in [2.45, 2.75) is 20.1 Å². The summed E-state index contributed by atoms with van der Waals surface area (Å²) in [7, 11) is 0. The Labute approximate surface area is 136 Å². The lowest BCUT2D eigenvalue weighted by molar-refractivity contribution is -0.384. The number of ketones is 1. The lowest BCUT2D eigenvalue weighted by Gasteiger charge is -2.10. The fraction of sp³-hybridized carbons (Fsp3) is 0.188. The number of nitro benzene ring substituents is 1. The zero-order chi connectivity index (χ0) is 17.7. The number of hydrogen-bond donors (Lipinski definition) is 1. The van der Waals surface area contributed by atoms with Crippen LogP contribution in [0.3, 0.4) is 0 Å². The Morgan fingerprint density at radius 2 is 2.04 bits per heavy atom. The predicted octanol–water partition coefficient (Wildman–Crippen LogP) is 4.01. The maximum atomic E-state index is 12.2. The van der Waals surface area contributed by atoms with Crippen molar-refractivity contribution < 1.29 is 23.2 Å². The van der Waals surface area contributed by atoms with Gasteiger partial charge in [0.15, 0.2) is 5.78 Å². The maximum Gasteiger partial charge on any atom is 0.387 e. The maximum absolute atomic E-state index is 12.2. The molecule has 0 saturated heterocycles. The Balaban J connectivity index is 2.17. The molecule has 6 nitrogen and oxygen atoms in total. The van der Waals surface area contributed by atoms with E-state index < -0.39 is 11.5 Å². The third kappa shape index (κ3) is 4.48. The molecule has 0 bridgehead atoms. The van der Waals surface area contributed by atoms with Crippen molar-refractivity contribution in [2.75, 3.05) is 5.32 Å². The number of carbonyl (C=O) groups is 1. The molecular weight excluding hydrogens is 322 g/mol. The highest BCUT2D eigenvalue weighted by Gasteiger charge is 2.16. The minimum atomic E-state index is -2.92. The molecule has 2 rings (SSSR count). The molecular formula is C16H14F2N2O4. The van der Waals surface area contributed by atoms with Crippen molar-refractivity contribution in [1.29, 1.82) is 0 Å². The van der Waals surface area contributed by atoms with Gasteiger partial charge in [-0.1, -0.05) is 12.1 Å². The predicted molar refractivity (Wildman–Crippen MR) is 83.5 cm³/mol. The van der Waals surface area contributed by atoms with Gasteiger partial charge in [0.05, 0.1) is 4.92 Å². The fourth-order valence-electron chi connectivity index (χ4n) is 2.08. The van der Waals surface area contributed by atoms with E-state index in [1.807, 2.05) is 0 Å². The second kappa shape index (κ2) is 7.49.